The molecular formula is C10H12N2O2S. The molecule has 0 aliphatic carbocycles. The maximum Gasteiger partial charge on any atom is 0.242 e. The van der Waals surface area contributed by atoms with E-state index in [0.29, 0.717) is 5.69 Å². The third-order valence-corrected chi connectivity index (χ3v) is 3.11. The smallest absolute Gasteiger partial charge is 0.242 e. The predicted molar refractivity (Wildman–Crippen MR) is 61.0 cm³/mol. The summed E-state index contributed by atoms with van der Waals surface area (Å²) in [5, 5.41) is 14.9. The average Bonchev–Trinajstić information content (AvgIpc) is 2.74. The van der Waals surface area contributed by atoms with Crippen LogP contribution in [0, 0.1) is 0 Å². The average molecular weight is 224 g/mol. The largest absolute Gasteiger partial charge is 0.508 e. The van der Waals surface area contributed by atoms with Gasteiger partial charge in [-0.15, -0.1) is 11.8 Å². The van der Waals surface area contributed by atoms with E-state index in [4.69, 9.17) is 5.11 Å². The maximum absolute atomic E-state index is 11.7. The minimum absolute atomic E-state index is 0.0225. The Morgan fingerprint density at radius 2 is 2.20 bits per heavy atom. The number of benzene rings is 1. The minimum Gasteiger partial charge on any atom is -0.508 e. The Kier molecular flexibility index (Phi) is 3.13. The molecular weight excluding hydrogens is 212 g/mol. The number of anilines is 1. The number of hydrogen-bond donors (Lipinski definition) is 3. The van der Waals surface area contributed by atoms with Crippen LogP contribution >= 0.6 is 11.8 Å². The van der Waals surface area contributed by atoms with Gasteiger partial charge in [0.25, 0.3) is 0 Å². The number of aromatic hydroxyl groups is 1. The summed E-state index contributed by atoms with van der Waals surface area (Å²) in [6, 6.07) is 6.34. The molecule has 1 heterocycles. The minimum atomic E-state index is -0.108. The van der Waals surface area contributed by atoms with Crippen molar-refractivity contribution >= 4 is 23.4 Å². The van der Waals surface area contributed by atoms with E-state index in [0.717, 1.165) is 11.6 Å². The molecule has 0 aromatic heterocycles. The van der Waals surface area contributed by atoms with E-state index in [1.54, 1.807) is 36.0 Å². The number of phenols is 1. The van der Waals surface area contributed by atoms with Crippen molar-refractivity contribution < 1.29 is 9.90 Å². The summed E-state index contributed by atoms with van der Waals surface area (Å²) in [5.74, 6) is 1.81. The molecule has 1 saturated heterocycles. The van der Waals surface area contributed by atoms with Gasteiger partial charge in [0.15, 0.2) is 0 Å². The lowest BCUT2D eigenvalue weighted by Gasteiger charge is -2.10. The van der Waals surface area contributed by atoms with Crippen LogP contribution in [-0.4, -0.2) is 28.7 Å². The first kappa shape index (κ1) is 10.3. The quantitative estimate of drug-likeness (QED) is 0.656. The first-order valence-corrected chi connectivity index (χ1v) is 5.82. The number of rotatable bonds is 2. The SMILES string of the molecule is O=C(Nc1ccc(O)cc1)C1CSCN1. The van der Waals surface area contributed by atoms with Gasteiger partial charge in [0.1, 0.15) is 5.75 Å². The second kappa shape index (κ2) is 4.55. The Labute approximate surface area is 92.1 Å². The van der Waals surface area contributed by atoms with Crippen LogP contribution in [0.2, 0.25) is 0 Å². The summed E-state index contributed by atoms with van der Waals surface area (Å²) in [4.78, 5) is 11.7. The summed E-state index contributed by atoms with van der Waals surface area (Å²) < 4.78 is 0. The van der Waals surface area contributed by atoms with Gasteiger partial charge in [-0.3, -0.25) is 10.1 Å². The van der Waals surface area contributed by atoms with Crippen molar-refractivity contribution in [2.45, 2.75) is 6.04 Å². The number of thioether (sulfide) groups is 1. The fourth-order valence-electron chi connectivity index (χ4n) is 1.34. The van der Waals surface area contributed by atoms with Crippen LogP contribution in [0.3, 0.4) is 0 Å². The Bertz CT molecular complexity index is 347. The van der Waals surface area contributed by atoms with E-state index >= 15 is 0 Å². The van der Waals surface area contributed by atoms with Gasteiger partial charge in [-0.1, -0.05) is 0 Å². The molecule has 1 aromatic rings. The molecule has 1 aliphatic heterocycles. The molecule has 1 aliphatic rings. The van der Waals surface area contributed by atoms with Gasteiger partial charge in [-0.05, 0) is 24.3 Å². The van der Waals surface area contributed by atoms with Crippen molar-refractivity contribution in [3.63, 3.8) is 0 Å². The molecule has 3 N–H and O–H groups in total. The highest BCUT2D eigenvalue weighted by Gasteiger charge is 2.22. The lowest BCUT2D eigenvalue weighted by Crippen LogP contribution is -2.37. The van der Waals surface area contributed by atoms with E-state index in [-0.39, 0.29) is 17.7 Å². The van der Waals surface area contributed by atoms with Gasteiger partial charge in [0.2, 0.25) is 5.91 Å². The van der Waals surface area contributed by atoms with Crippen molar-refractivity contribution in [1.29, 1.82) is 0 Å². The molecule has 0 saturated carbocycles. The number of phenolic OH excluding ortho intramolecular Hbond substituents is 1. The van der Waals surface area contributed by atoms with Crippen molar-refractivity contribution in [1.82, 2.24) is 5.32 Å². The molecule has 0 radical (unpaired) electrons. The second-order valence-corrected chi connectivity index (χ2v) is 4.34. The lowest BCUT2D eigenvalue weighted by atomic mass is 10.2. The summed E-state index contributed by atoms with van der Waals surface area (Å²) >= 11 is 1.71. The highest BCUT2D eigenvalue weighted by Crippen LogP contribution is 2.15. The molecule has 1 unspecified atom stereocenters. The predicted octanol–water partition coefficient (Wildman–Crippen LogP) is 0.993. The van der Waals surface area contributed by atoms with Crippen molar-refractivity contribution in [2.75, 3.05) is 16.9 Å². The Balaban J connectivity index is 1.96. The highest BCUT2D eigenvalue weighted by molar-refractivity contribution is 7.99. The molecule has 1 atom stereocenters. The zero-order chi connectivity index (χ0) is 10.7. The van der Waals surface area contributed by atoms with Gasteiger partial charge in [-0.2, -0.15) is 0 Å². The zero-order valence-corrected chi connectivity index (χ0v) is 8.88. The van der Waals surface area contributed by atoms with Gasteiger partial charge >= 0.3 is 0 Å². The Hall–Kier alpha value is -1.20. The standard InChI is InChI=1S/C10H12N2O2S/c13-8-3-1-7(2-4-8)12-10(14)9-5-15-6-11-9/h1-4,9,11,13H,5-6H2,(H,12,14). The first-order valence-electron chi connectivity index (χ1n) is 4.67. The van der Waals surface area contributed by atoms with Gasteiger partial charge < -0.3 is 10.4 Å². The molecule has 2 rings (SSSR count). The van der Waals surface area contributed by atoms with Gasteiger partial charge in [-0.25, -0.2) is 0 Å². The molecule has 1 aromatic carbocycles. The highest BCUT2D eigenvalue weighted by atomic mass is 32.2. The summed E-state index contributed by atoms with van der Waals surface area (Å²) in [7, 11) is 0. The third-order valence-electron chi connectivity index (χ3n) is 2.17. The number of amides is 1. The Morgan fingerprint density at radius 1 is 1.47 bits per heavy atom. The summed E-state index contributed by atoms with van der Waals surface area (Å²) in [6.07, 6.45) is 0. The van der Waals surface area contributed by atoms with E-state index in [1.165, 1.54) is 0 Å². The molecule has 4 nitrogen and oxygen atoms in total. The number of hydrogen-bond acceptors (Lipinski definition) is 4. The van der Waals surface area contributed by atoms with E-state index in [1.807, 2.05) is 0 Å². The second-order valence-electron chi connectivity index (χ2n) is 3.31. The lowest BCUT2D eigenvalue weighted by molar-refractivity contribution is -0.117. The van der Waals surface area contributed by atoms with Crippen LogP contribution < -0.4 is 10.6 Å². The first-order chi connectivity index (χ1) is 7.25. The van der Waals surface area contributed by atoms with Crippen molar-refractivity contribution in [3.05, 3.63) is 24.3 Å². The van der Waals surface area contributed by atoms with Crippen molar-refractivity contribution in [3.8, 4) is 5.75 Å². The fourth-order valence-corrected chi connectivity index (χ4v) is 2.28. The zero-order valence-electron chi connectivity index (χ0n) is 8.06. The van der Waals surface area contributed by atoms with Crippen LogP contribution in [-0.2, 0) is 4.79 Å². The Morgan fingerprint density at radius 3 is 2.80 bits per heavy atom. The monoisotopic (exact) mass is 224 g/mol. The number of carbonyl (C=O) groups excluding carboxylic acids is 1. The number of nitrogens with one attached hydrogen (secondary N) is 2. The number of carbonyl (C=O) groups is 1. The van der Waals surface area contributed by atoms with Crippen LogP contribution in [0.4, 0.5) is 5.69 Å². The van der Waals surface area contributed by atoms with Crippen LogP contribution in [0.5, 0.6) is 5.75 Å². The molecule has 1 fully saturated rings. The third kappa shape index (κ3) is 2.64. The molecule has 0 spiro atoms. The topological polar surface area (TPSA) is 61.4 Å². The molecule has 15 heavy (non-hydrogen) atoms. The van der Waals surface area contributed by atoms with Crippen LogP contribution in [0.15, 0.2) is 24.3 Å². The van der Waals surface area contributed by atoms with Crippen LogP contribution in [0.25, 0.3) is 0 Å². The van der Waals surface area contributed by atoms with Crippen molar-refractivity contribution in [2.24, 2.45) is 0 Å². The fraction of sp³-hybridized carbons (Fsp3) is 0.300. The van der Waals surface area contributed by atoms with Crippen LogP contribution in [0.1, 0.15) is 0 Å². The van der Waals surface area contributed by atoms with Gasteiger partial charge in [0, 0.05) is 17.3 Å². The molecule has 5 heteroatoms. The van der Waals surface area contributed by atoms with E-state index in [2.05, 4.69) is 10.6 Å². The van der Waals surface area contributed by atoms with E-state index in [9.17, 15) is 4.79 Å². The maximum atomic E-state index is 11.7. The van der Waals surface area contributed by atoms with Gasteiger partial charge in [0.05, 0.1) is 6.04 Å². The summed E-state index contributed by atoms with van der Waals surface area (Å²) in [5.41, 5.74) is 0.705. The normalized spacial score (nSPS) is 20.1. The van der Waals surface area contributed by atoms with E-state index < -0.39 is 0 Å². The molecule has 80 valence electrons. The molecule has 1 amide bonds. The molecule has 0 bridgehead atoms. The summed E-state index contributed by atoms with van der Waals surface area (Å²) in [6.45, 7) is 0.